The summed E-state index contributed by atoms with van der Waals surface area (Å²) in [4.78, 5) is 24.2. The number of aromatic nitrogens is 2. The van der Waals surface area contributed by atoms with Crippen LogP contribution in [0.2, 0.25) is 5.02 Å². The smallest absolute Gasteiger partial charge is 0.266 e. The second-order valence-electron chi connectivity index (χ2n) is 6.10. The summed E-state index contributed by atoms with van der Waals surface area (Å²) in [5.74, 6) is -0.258. The topological polar surface area (TPSA) is 87.8 Å². The van der Waals surface area contributed by atoms with E-state index in [-0.39, 0.29) is 17.9 Å². The standard InChI is InChI=1S/C21H17ClN4O2/c22-17-9-8-16(14-23)19(13-17)24-20(27)7-4-12-26-21(28)11-10-18(25-26)15-5-2-1-3-6-15/h1-3,5-6,8-11,13H,4,7,12H2,(H,24,27). The first kappa shape index (κ1) is 19.3. The van der Waals surface area contributed by atoms with E-state index >= 15 is 0 Å². The lowest BCUT2D eigenvalue weighted by molar-refractivity contribution is -0.116. The molecule has 0 fully saturated rings. The van der Waals surface area contributed by atoms with Crippen molar-refractivity contribution < 1.29 is 4.79 Å². The summed E-state index contributed by atoms with van der Waals surface area (Å²) >= 11 is 5.92. The normalized spacial score (nSPS) is 10.3. The van der Waals surface area contributed by atoms with Gasteiger partial charge in [0.1, 0.15) is 6.07 Å². The Balaban J connectivity index is 1.62. The quantitative estimate of drug-likeness (QED) is 0.690. The predicted octanol–water partition coefficient (Wildman–Crippen LogP) is 3.85. The highest BCUT2D eigenvalue weighted by Gasteiger charge is 2.09. The van der Waals surface area contributed by atoms with Crippen LogP contribution in [0.5, 0.6) is 0 Å². The van der Waals surface area contributed by atoms with Gasteiger partial charge in [0.15, 0.2) is 0 Å². The number of benzene rings is 2. The van der Waals surface area contributed by atoms with Crippen LogP contribution in [0.1, 0.15) is 18.4 Å². The van der Waals surface area contributed by atoms with Crippen LogP contribution < -0.4 is 10.9 Å². The van der Waals surface area contributed by atoms with Crippen molar-refractivity contribution in [3.63, 3.8) is 0 Å². The third-order valence-electron chi connectivity index (χ3n) is 4.09. The number of nitrogens with one attached hydrogen (secondary N) is 1. The molecule has 28 heavy (non-hydrogen) atoms. The molecule has 1 heterocycles. The fourth-order valence-electron chi connectivity index (χ4n) is 2.69. The Labute approximate surface area is 167 Å². The highest BCUT2D eigenvalue weighted by molar-refractivity contribution is 6.31. The number of carbonyl (C=O) groups excluding carboxylic acids is 1. The summed E-state index contributed by atoms with van der Waals surface area (Å²) in [6.07, 6.45) is 0.612. The number of anilines is 1. The van der Waals surface area contributed by atoms with Crippen molar-refractivity contribution >= 4 is 23.2 Å². The molecule has 3 rings (SSSR count). The van der Waals surface area contributed by atoms with Crippen molar-refractivity contribution in [3.05, 3.63) is 81.6 Å². The summed E-state index contributed by atoms with van der Waals surface area (Å²) in [6.45, 7) is 0.313. The highest BCUT2D eigenvalue weighted by Crippen LogP contribution is 2.20. The van der Waals surface area contributed by atoms with E-state index in [2.05, 4.69) is 10.4 Å². The molecule has 0 aliphatic rings. The molecule has 7 heteroatoms. The molecule has 0 atom stereocenters. The molecule has 0 bridgehead atoms. The summed E-state index contributed by atoms with van der Waals surface area (Å²) in [5, 5.41) is 16.6. The molecule has 1 amide bonds. The molecule has 0 saturated heterocycles. The van der Waals surface area contributed by atoms with Gasteiger partial charge in [-0.05, 0) is 30.7 Å². The van der Waals surface area contributed by atoms with Crippen LogP contribution >= 0.6 is 11.6 Å². The van der Waals surface area contributed by atoms with Gasteiger partial charge in [-0.3, -0.25) is 9.59 Å². The van der Waals surface area contributed by atoms with Crippen LogP contribution in [-0.2, 0) is 11.3 Å². The zero-order chi connectivity index (χ0) is 19.9. The van der Waals surface area contributed by atoms with E-state index in [4.69, 9.17) is 16.9 Å². The zero-order valence-corrected chi connectivity index (χ0v) is 15.7. The fraction of sp³-hybridized carbons (Fsp3) is 0.143. The molecule has 0 aliphatic carbocycles. The van der Waals surface area contributed by atoms with Gasteiger partial charge in [-0.1, -0.05) is 41.9 Å². The second-order valence-corrected chi connectivity index (χ2v) is 6.54. The number of hydrogen-bond donors (Lipinski definition) is 1. The number of nitrogens with zero attached hydrogens (tertiary/aromatic N) is 3. The van der Waals surface area contributed by atoms with Gasteiger partial charge in [0.05, 0.1) is 16.9 Å². The number of halogens is 1. The first-order valence-electron chi connectivity index (χ1n) is 8.70. The Morgan fingerprint density at radius 1 is 1.14 bits per heavy atom. The third-order valence-corrected chi connectivity index (χ3v) is 4.32. The number of hydrogen-bond acceptors (Lipinski definition) is 4. The summed E-state index contributed by atoms with van der Waals surface area (Å²) in [7, 11) is 0. The molecule has 1 aromatic heterocycles. The maximum Gasteiger partial charge on any atom is 0.266 e. The summed E-state index contributed by atoms with van der Waals surface area (Å²) in [6, 6.07) is 19.4. The van der Waals surface area contributed by atoms with Crippen molar-refractivity contribution in [2.45, 2.75) is 19.4 Å². The van der Waals surface area contributed by atoms with Gasteiger partial charge >= 0.3 is 0 Å². The first-order valence-corrected chi connectivity index (χ1v) is 9.08. The van der Waals surface area contributed by atoms with Gasteiger partial charge < -0.3 is 5.32 Å². The van der Waals surface area contributed by atoms with E-state index in [1.54, 1.807) is 18.2 Å². The largest absolute Gasteiger partial charge is 0.325 e. The number of nitriles is 1. The lowest BCUT2D eigenvalue weighted by Gasteiger charge is -2.09. The average Bonchev–Trinajstić information content (AvgIpc) is 2.70. The molecule has 6 nitrogen and oxygen atoms in total. The second kappa shape index (κ2) is 8.98. The van der Waals surface area contributed by atoms with Crippen LogP contribution in [0.15, 0.2) is 65.5 Å². The minimum Gasteiger partial charge on any atom is -0.325 e. The number of amides is 1. The number of rotatable bonds is 6. The van der Waals surface area contributed by atoms with Crippen LogP contribution in [-0.4, -0.2) is 15.7 Å². The maximum atomic E-state index is 12.2. The molecule has 1 N–H and O–H groups in total. The Morgan fingerprint density at radius 3 is 2.68 bits per heavy atom. The van der Waals surface area contributed by atoms with E-state index < -0.39 is 0 Å². The first-order chi connectivity index (χ1) is 13.6. The molecule has 0 saturated carbocycles. The Morgan fingerprint density at radius 2 is 1.93 bits per heavy atom. The van der Waals surface area contributed by atoms with Gasteiger partial charge in [-0.2, -0.15) is 10.4 Å². The molecule has 140 valence electrons. The Bertz CT molecular complexity index is 1090. The van der Waals surface area contributed by atoms with E-state index in [9.17, 15) is 9.59 Å². The van der Waals surface area contributed by atoms with Crippen molar-refractivity contribution in [1.82, 2.24) is 9.78 Å². The Kier molecular flexibility index (Phi) is 6.20. The molecule has 2 aromatic carbocycles. The molecule has 0 unspecified atom stereocenters. The fourth-order valence-corrected chi connectivity index (χ4v) is 2.86. The molecular formula is C21H17ClN4O2. The van der Waals surface area contributed by atoms with E-state index in [1.165, 1.54) is 16.8 Å². The van der Waals surface area contributed by atoms with Gasteiger partial charge in [0.25, 0.3) is 5.56 Å². The molecule has 0 radical (unpaired) electrons. The van der Waals surface area contributed by atoms with E-state index in [1.807, 2.05) is 36.4 Å². The SMILES string of the molecule is N#Cc1ccc(Cl)cc1NC(=O)CCCn1nc(-c2ccccc2)ccc1=O. The molecule has 3 aromatic rings. The molecule has 0 aliphatic heterocycles. The van der Waals surface area contributed by atoms with Crippen LogP contribution in [0.4, 0.5) is 5.69 Å². The van der Waals surface area contributed by atoms with Crippen LogP contribution in [0, 0.1) is 11.3 Å². The predicted molar refractivity (Wildman–Crippen MR) is 108 cm³/mol. The van der Waals surface area contributed by atoms with Crippen molar-refractivity contribution in [1.29, 1.82) is 5.26 Å². The minimum atomic E-state index is -0.258. The van der Waals surface area contributed by atoms with Crippen LogP contribution in [0.3, 0.4) is 0 Å². The molecular weight excluding hydrogens is 376 g/mol. The summed E-state index contributed by atoms with van der Waals surface area (Å²) in [5.41, 5.74) is 2.11. The highest BCUT2D eigenvalue weighted by atomic mass is 35.5. The maximum absolute atomic E-state index is 12.2. The van der Waals surface area contributed by atoms with E-state index in [0.29, 0.717) is 34.9 Å². The van der Waals surface area contributed by atoms with Crippen LogP contribution in [0.25, 0.3) is 11.3 Å². The zero-order valence-electron chi connectivity index (χ0n) is 14.9. The van der Waals surface area contributed by atoms with Gasteiger partial charge in [-0.15, -0.1) is 0 Å². The lowest BCUT2D eigenvalue weighted by Crippen LogP contribution is -2.23. The number of aryl methyl sites for hydroxylation is 1. The average molecular weight is 393 g/mol. The lowest BCUT2D eigenvalue weighted by atomic mass is 10.1. The van der Waals surface area contributed by atoms with Crippen molar-refractivity contribution in [2.75, 3.05) is 5.32 Å². The Hall–Kier alpha value is -3.43. The number of carbonyl (C=O) groups is 1. The minimum absolute atomic E-state index is 0.182. The van der Waals surface area contributed by atoms with E-state index in [0.717, 1.165) is 5.56 Å². The monoisotopic (exact) mass is 392 g/mol. The summed E-state index contributed by atoms with van der Waals surface area (Å²) < 4.78 is 1.36. The third kappa shape index (κ3) is 4.84. The van der Waals surface area contributed by atoms with Crippen molar-refractivity contribution in [3.8, 4) is 17.3 Å². The van der Waals surface area contributed by atoms with Gasteiger partial charge in [0.2, 0.25) is 5.91 Å². The molecule has 0 spiro atoms. The van der Waals surface area contributed by atoms with Gasteiger partial charge in [0, 0.05) is 29.6 Å². The van der Waals surface area contributed by atoms with Crippen molar-refractivity contribution in [2.24, 2.45) is 0 Å². The van der Waals surface area contributed by atoms with Gasteiger partial charge in [-0.25, -0.2) is 4.68 Å².